The van der Waals surface area contributed by atoms with Crippen LogP contribution in [-0.2, 0) is 16.0 Å². The summed E-state index contributed by atoms with van der Waals surface area (Å²) in [6.45, 7) is 3.00. The second kappa shape index (κ2) is 6.19. The minimum absolute atomic E-state index is 0.0463. The first-order valence-corrected chi connectivity index (χ1v) is 8.73. The molecule has 4 N–H and O–H groups in total. The van der Waals surface area contributed by atoms with E-state index in [1.165, 1.54) is 0 Å². The molecule has 0 saturated heterocycles. The number of nitrogens with two attached hydrogens (primary N) is 1. The lowest BCUT2D eigenvalue weighted by Gasteiger charge is -2.21. The van der Waals surface area contributed by atoms with Crippen LogP contribution in [0.4, 0.5) is 5.69 Å². The van der Waals surface area contributed by atoms with Crippen LogP contribution in [0.5, 0.6) is 5.75 Å². The Labute approximate surface area is 137 Å². The number of fused-ring (bicyclic) bond motifs is 1. The van der Waals surface area contributed by atoms with Crippen LogP contribution in [0.15, 0.2) is 22.6 Å². The second-order valence-electron chi connectivity index (χ2n) is 5.83. The van der Waals surface area contributed by atoms with Crippen molar-refractivity contribution in [1.29, 1.82) is 0 Å². The molecule has 1 saturated carbocycles. The fourth-order valence-electron chi connectivity index (χ4n) is 2.48. The number of hydrogen-bond acceptors (Lipinski definition) is 4. The van der Waals surface area contributed by atoms with E-state index in [0.717, 1.165) is 19.3 Å². The van der Waals surface area contributed by atoms with Gasteiger partial charge in [-0.15, -0.1) is 0 Å². The average molecular weight is 336 g/mol. The second-order valence-corrected chi connectivity index (χ2v) is 6.72. The van der Waals surface area contributed by atoms with Crippen molar-refractivity contribution in [3.05, 3.63) is 23.8 Å². The molecule has 1 aromatic rings. The number of amides is 1. The molecule has 1 heterocycles. The maximum atomic E-state index is 12.2. The van der Waals surface area contributed by atoms with E-state index in [4.69, 9.17) is 10.5 Å². The predicted molar refractivity (Wildman–Crippen MR) is 89.4 cm³/mol. The highest BCUT2D eigenvalue weighted by molar-refractivity contribution is 7.85. The van der Waals surface area contributed by atoms with Gasteiger partial charge in [0.15, 0.2) is 0 Å². The van der Waals surface area contributed by atoms with Crippen LogP contribution in [0.25, 0.3) is 0 Å². The van der Waals surface area contributed by atoms with Crippen LogP contribution in [0.3, 0.4) is 0 Å². The van der Waals surface area contributed by atoms with E-state index in [9.17, 15) is 9.00 Å². The Kier molecular flexibility index (Phi) is 4.25. The fourth-order valence-corrected chi connectivity index (χ4v) is 3.16. The molecule has 1 fully saturated rings. The lowest BCUT2D eigenvalue weighted by molar-refractivity contribution is -0.127. The highest BCUT2D eigenvalue weighted by Gasteiger charge is 2.50. The van der Waals surface area contributed by atoms with Crippen LogP contribution in [0, 0.1) is 5.41 Å². The highest BCUT2D eigenvalue weighted by atomic mass is 32.2. The molecule has 0 spiro atoms. The number of amidine groups is 1. The largest absolute Gasteiger partial charge is 0.492 e. The van der Waals surface area contributed by atoms with Crippen molar-refractivity contribution in [2.45, 2.75) is 26.2 Å². The third-order valence-corrected chi connectivity index (χ3v) is 4.79. The number of anilines is 1. The van der Waals surface area contributed by atoms with E-state index in [1.807, 2.05) is 6.92 Å². The number of carbonyl (C=O) groups excluding carboxylic acids is 1. The van der Waals surface area contributed by atoms with Crippen molar-refractivity contribution in [1.82, 2.24) is 5.32 Å². The first-order valence-electron chi connectivity index (χ1n) is 7.63. The maximum Gasteiger partial charge on any atom is 0.245 e. The summed E-state index contributed by atoms with van der Waals surface area (Å²) in [4.78, 5) is 12.2. The Hall–Kier alpha value is -2.09. The topological polar surface area (TPSA) is 106 Å². The zero-order valence-corrected chi connectivity index (χ0v) is 13.7. The molecule has 1 amide bonds. The molecule has 1 atom stereocenters. The van der Waals surface area contributed by atoms with E-state index in [2.05, 4.69) is 14.4 Å². The van der Waals surface area contributed by atoms with Gasteiger partial charge in [0.05, 0.1) is 16.7 Å². The van der Waals surface area contributed by atoms with Gasteiger partial charge in [0, 0.05) is 6.54 Å². The molecule has 0 radical (unpaired) electrons. The molecule has 0 bridgehead atoms. The summed E-state index contributed by atoms with van der Waals surface area (Å²) >= 11 is -1.57. The molecule has 0 aromatic heterocycles. The minimum Gasteiger partial charge on any atom is -0.492 e. The monoisotopic (exact) mass is 336 g/mol. The number of rotatable bonds is 6. The van der Waals surface area contributed by atoms with Gasteiger partial charge in [0.25, 0.3) is 0 Å². The summed E-state index contributed by atoms with van der Waals surface area (Å²) in [7, 11) is 0. The quantitative estimate of drug-likeness (QED) is 0.723. The molecule has 1 aliphatic carbocycles. The molecule has 1 unspecified atom stereocenters. The number of carbonyl (C=O) groups is 1. The van der Waals surface area contributed by atoms with Crippen molar-refractivity contribution >= 4 is 28.6 Å². The molecule has 8 heteroatoms. The van der Waals surface area contributed by atoms with Gasteiger partial charge in [-0.1, -0.05) is 13.0 Å². The van der Waals surface area contributed by atoms with Crippen LogP contribution in [0.2, 0.25) is 0 Å². The normalized spacial score (nSPS) is 20.7. The summed E-state index contributed by atoms with van der Waals surface area (Å²) in [6.07, 6.45) is 2.55. The zero-order valence-electron chi connectivity index (χ0n) is 12.9. The zero-order chi connectivity index (χ0) is 16.4. The van der Waals surface area contributed by atoms with Gasteiger partial charge >= 0.3 is 0 Å². The van der Waals surface area contributed by atoms with E-state index < -0.39 is 16.6 Å². The van der Waals surface area contributed by atoms with Crippen LogP contribution in [-0.4, -0.2) is 29.1 Å². The Morgan fingerprint density at radius 1 is 1.52 bits per heavy atom. The average Bonchev–Trinajstić information content (AvgIpc) is 3.31. The Morgan fingerprint density at radius 3 is 3.00 bits per heavy atom. The summed E-state index contributed by atoms with van der Waals surface area (Å²) in [5.74, 6) is 0.764. The molecular weight excluding hydrogens is 316 g/mol. The summed E-state index contributed by atoms with van der Waals surface area (Å²) in [5, 5.41) is 2.93. The van der Waals surface area contributed by atoms with Crippen molar-refractivity contribution in [3.63, 3.8) is 0 Å². The third kappa shape index (κ3) is 3.17. The van der Waals surface area contributed by atoms with Gasteiger partial charge in [0.2, 0.25) is 17.1 Å². The SMILES string of the molecule is CCCNC(=O)C1(COc2cccc3c2C(N)=NS(=O)N3)CC1. The van der Waals surface area contributed by atoms with E-state index in [-0.39, 0.29) is 11.7 Å². The van der Waals surface area contributed by atoms with Crippen LogP contribution < -0.4 is 20.5 Å². The summed E-state index contributed by atoms with van der Waals surface area (Å²) < 4.78 is 23.9. The van der Waals surface area contributed by atoms with Gasteiger partial charge in [-0.2, -0.15) is 4.40 Å². The Balaban J connectivity index is 1.74. The Bertz CT molecular complexity index is 685. The molecule has 7 nitrogen and oxygen atoms in total. The number of ether oxygens (including phenoxy) is 1. The first-order chi connectivity index (χ1) is 11.1. The van der Waals surface area contributed by atoms with E-state index in [1.54, 1.807) is 18.2 Å². The molecule has 3 rings (SSSR count). The lowest BCUT2D eigenvalue weighted by atomic mass is 10.1. The van der Waals surface area contributed by atoms with Crippen molar-refractivity contribution in [2.24, 2.45) is 15.5 Å². The summed E-state index contributed by atoms with van der Waals surface area (Å²) in [6, 6.07) is 5.33. The number of benzene rings is 1. The first kappa shape index (κ1) is 15.8. The van der Waals surface area contributed by atoms with Crippen molar-refractivity contribution in [3.8, 4) is 5.75 Å². The number of nitrogens with one attached hydrogen (secondary N) is 2. The highest BCUT2D eigenvalue weighted by Crippen LogP contribution is 2.46. The maximum absolute atomic E-state index is 12.2. The summed E-state index contributed by atoms with van der Waals surface area (Å²) in [5.41, 5.74) is 6.65. The molecule has 1 aliphatic heterocycles. The van der Waals surface area contributed by atoms with Gasteiger partial charge < -0.3 is 15.8 Å². The van der Waals surface area contributed by atoms with Gasteiger partial charge in [-0.3, -0.25) is 9.52 Å². The molecular formula is C15H20N4O3S. The Morgan fingerprint density at radius 2 is 2.30 bits per heavy atom. The third-order valence-electron chi connectivity index (χ3n) is 4.04. The van der Waals surface area contributed by atoms with Crippen LogP contribution in [0.1, 0.15) is 31.7 Å². The number of nitrogens with zero attached hydrogens (tertiary/aromatic N) is 1. The molecule has 23 heavy (non-hydrogen) atoms. The van der Waals surface area contributed by atoms with Gasteiger partial charge in [-0.05, 0) is 31.4 Å². The van der Waals surface area contributed by atoms with Crippen molar-refractivity contribution < 1.29 is 13.7 Å². The van der Waals surface area contributed by atoms with E-state index in [0.29, 0.717) is 30.2 Å². The van der Waals surface area contributed by atoms with Crippen LogP contribution >= 0.6 is 0 Å². The number of hydrogen-bond donors (Lipinski definition) is 3. The van der Waals surface area contributed by atoms with Gasteiger partial charge in [0.1, 0.15) is 18.2 Å². The lowest BCUT2D eigenvalue weighted by Crippen LogP contribution is -2.36. The minimum atomic E-state index is -1.57. The predicted octanol–water partition coefficient (Wildman–Crippen LogP) is 1.08. The molecule has 1 aromatic carbocycles. The van der Waals surface area contributed by atoms with E-state index >= 15 is 0 Å². The van der Waals surface area contributed by atoms with Gasteiger partial charge in [-0.25, -0.2) is 4.21 Å². The standard InChI is InChI=1S/C15H20N4O3S/c1-2-8-17-14(20)15(6-7-15)9-22-11-5-3-4-10-12(11)13(16)19-23(21)18-10/h3-5,18H,2,6-9H2,1H3,(H2,16,19)(H,17,20). The molecule has 2 aliphatic rings. The smallest absolute Gasteiger partial charge is 0.245 e. The van der Waals surface area contributed by atoms with Crippen molar-refractivity contribution in [2.75, 3.05) is 17.9 Å². The fraction of sp³-hybridized carbons (Fsp3) is 0.467. The molecule has 124 valence electrons.